The lowest BCUT2D eigenvalue weighted by Gasteiger charge is -2.50. The van der Waals surface area contributed by atoms with E-state index in [1.165, 1.54) is 45.3 Å². The van der Waals surface area contributed by atoms with E-state index >= 15 is 0 Å². The molecule has 2 aliphatic rings. The van der Waals surface area contributed by atoms with E-state index in [1.807, 2.05) is 0 Å². The summed E-state index contributed by atoms with van der Waals surface area (Å²) < 4.78 is 5.16. The first-order chi connectivity index (χ1) is 8.05. The van der Waals surface area contributed by atoms with Gasteiger partial charge in [-0.3, -0.25) is 4.90 Å². The first kappa shape index (κ1) is 13.3. The molecule has 0 atom stereocenters. The average molecular weight is 240 g/mol. The van der Waals surface area contributed by atoms with E-state index in [0.29, 0.717) is 5.54 Å². The van der Waals surface area contributed by atoms with Crippen LogP contribution in [0.2, 0.25) is 0 Å². The van der Waals surface area contributed by atoms with Crippen LogP contribution in [0.4, 0.5) is 0 Å². The first-order valence-corrected chi connectivity index (χ1v) is 7.06. The molecule has 17 heavy (non-hydrogen) atoms. The predicted octanol–water partition coefficient (Wildman–Crippen LogP) is 2.02. The van der Waals surface area contributed by atoms with Crippen molar-refractivity contribution in [3.63, 3.8) is 0 Å². The molecule has 0 aromatic carbocycles. The number of ether oxygens (including phenoxy) is 1. The van der Waals surface area contributed by atoms with E-state index in [2.05, 4.69) is 24.1 Å². The third-order valence-corrected chi connectivity index (χ3v) is 4.13. The summed E-state index contributed by atoms with van der Waals surface area (Å²) in [6.07, 6.45) is 6.67. The molecule has 1 saturated heterocycles. The van der Waals surface area contributed by atoms with Crippen LogP contribution in [0.15, 0.2) is 0 Å². The Morgan fingerprint density at radius 1 is 1.18 bits per heavy atom. The molecule has 0 radical (unpaired) electrons. The maximum absolute atomic E-state index is 5.16. The van der Waals surface area contributed by atoms with Gasteiger partial charge in [0, 0.05) is 44.4 Å². The third kappa shape index (κ3) is 3.43. The molecule has 0 amide bonds. The standard InChI is InChI=1S/C14H28N2O/c1-13(2)11-16(9-6-10-17-3)12-14(15-13)7-4-5-8-14/h15H,4-12H2,1-3H3. The summed E-state index contributed by atoms with van der Waals surface area (Å²) >= 11 is 0. The van der Waals surface area contributed by atoms with Crippen molar-refractivity contribution in [2.24, 2.45) is 0 Å². The summed E-state index contributed by atoms with van der Waals surface area (Å²) in [4.78, 5) is 2.64. The van der Waals surface area contributed by atoms with Gasteiger partial charge in [0.1, 0.15) is 0 Å². The van der Waals surface area contributed by atoms with Gasteiger partial charge in [-0.2, -0.15) is 0 Å². The minimum Gasteiger partial charge on any atom is -0.385 e. The Morgan fingerprint density at radius 2 is 1.88 bits per heavy atom. The van der Waals surface area contributed by atoms with Crippen molar-refractivity contribution < 1.29 is 4.74 Å². The molecular weight excluding hydrogens is 212 g/mol. The molecule has 3 heteroatoms. The van der Waals surface area contributed by atoms with Gasteiger partial charge in [-0.05, 0) is 33.1 Å². The fourth-order valence-electron chi connectivity index (χ4n) is 3.77. The Morgan fingerprint density at radius 3 is 2.53 bits per heavy atom. The molecule has 2 fully saturated rings. The minimum absolute atomic E-state index is 0.260. The van der Waals surface area contributed by atoms with Crippen LogP contribution in [0.3, 0.4) is 0 Å². The topological polar surface area (TPSA) is 24.5 Å². The Bertz CT molecular complexity index is 247. The highest BCUT2D eigenvalue weighted by atomic mass is 16.5. The highest BCUT2D eigenvalue weighted by molar-refractivity contribution is 5.04. The van der Waals surface area contributed by atoms with Crippen LogP contribution in [0.1, 0.15) is 46.0 Å². The summed E-state index contributed by atoms with van der Waals surface area (Å²) in [6, 6.07) is 0. The van der Waals surface area contributed by atoms with Gasteiger partial charge in [-0.15, -0.1) is 0 Å². The lowest BCUT2D eigenvalue weighted by atomic mass is 9.87. The Hall–Kier alpha value is -0.120. The van der Waals surface area contributed by atoms with Gasteiger partial charge in [0.25, 0.3) is 0 Å². The van der Waals surface area contributed by atoms with Crippen LogP contribution in [0, 0.1) is 0 Å². The van der Waals surface area contributed by atoms with Crippen molar-refractivity contribution in [2.45, 2.75) is 57.0 Å². The molecule has 1 aliphatic carbocycles. The van der Waals surface area contributed by atoms with Gasteiger partial charge in [0.2, 0.25) is 0 Å². The number of nitrogens with one attached hydrogen (secondary N) is 1. The van der Waals surface area contributed by atoms with Gasteiger partial charge >= 0.3 is 0 Å². The number of hydrogen-bond donors (Lipinski definition) is 1. The molecule has 0 unspecified atom stereocenters. The maximum atomic E-state index is 5.16. The number of rotatable bonds is 4. The monoisotopic (exact) mass is 240 g/mol. The smallest absolute Gasteiger partial charge is 0.0474 e. The highest BCUT2D eigenvalue weighted by Crippen LogP contribution is 2.35. The molecule has 0 aromatic heterocycles. The van der Waals surface area contributed by atoms with Crippen molar-refractivity contribution in [1.29, 1.82) is 0 Å². The van der Waals surface area contributed by atoms with Crippen LogP contribution in [0.25, 0.3) is 0 Å². The first-order valence-electron chi connectivity index (χ1n) is 7.06. The number of nitrogens with zero attached hydrogens (tertiary/aromatic N) is 1. The molecule has 3 nitrogen and oxygen atoms in total. The molecular formula is C14H28N2O. The summed E-state index contributed by atoms with van der Waals surface area (Å²) in [5.74, 6) is 0. The maximum Gasteiger partial charge on any atom is 0.0474 e. The van der Waals surface area contributed by atoms with Crippen molar-refractivity contribution in [3.8, 4) is 0 Å². The second kappa shape index (κ2) is 5.25. The molecule has 1 heterocycles. The van der Waals surface area contributed by atoms with E-state index in [0.717, 1.165) is 13.0 Å². The lowest BCUT2D eigenvalue weighted by molar-refractivity contribution is 0.0557. The molecule has 100 valence electrons. The Balaban J connectivity index is 1.93. The molecule has 0 bridgehead atoms. The van der Waals surface area contributed by atoms with Gasteiger partial charge in [-0.1, -0.05) is 12.8 Å². The zero-order chi connectivity index (χ0) is 12.4. The van der Waals surface area contributed by atoms with E-state index < -0.39 is 0 Å². The second-order valence-corrected chi connectivity index (χ2v) is 6.55. The molecule has 1 spiro atoms. The van der Waals surface area contributed by atoms with Gasteiger partial charge in [0.05, 0.1) is 0 Å². The Labute approximate surface area is 106 Å². The predicted molar refractivity (Wildman–Crippen MR) is 71.3 cm³/mol. The van der Waals surface area contributed by atoms with E-state index in [9.17, 15) is 0 Å². The minimum atomic E-state index is 0.260. The number of piperazine rings is 1. The summed E-state index contributed by atoms with van der Waals surface area (Å²) in [6.45, 7) is 9.15. The summed E-state index contributed by atoms with van der Waals surface area (Å²) in [5, 5.41) is 3.92. The van der Waals surface area contributed by atoms with Crippen LogP contribution in [0.5, 0.6) is 0 Å². The van der Waals surface area contributed by atoms with Crippen LogP contribution in [-0.2, 0) is 4.74 Å². The number of methoxy groups -OCH3 is 1. The zero-order valence-electron chi connectivity index (χ0n) is 11.7. The average Bonchev–Trinajstić information content (AvgIpc) is 2.63. The van der Waals surface area contributed by atoms with E-state index in [4.69, 9.17) is 4.74 Å². The Kier molecular flexibility index (Phi) is 4.11. The summed E-state index contributed by atoms with van der Waals surface area (Å²) in [5.41, 5.74) is 0.671. The normalized spacial score (nSPS) is 27.7. The summed E-state index contributed by atoms with van der Waals surface area (Å²) in [7, 11) is 1.79. The van der Waals surface area contributed by atoms with Crippen molar-refractivity contribution in [3.05, 3.63) is 0 Å². The van der Waals surface area contributed by atoms with Gasteiger partial charge in [0.15, 0.2) is 0 Å². The largest absolute Gasteiger partial charge is 0.385 e. The fourth-order valence-corrected chi connectivity index (χ4v) is 3.77. The molecule has 1 aliphatic heterocycles. The van der Waals surface area contributed by atoms with Gasteiger partial charge < -0.3 is 10.1 Å². The number of hydrogen-bond acceptors (Lipinski definition) is 3. The lowest BCUT2D eigenvalue weighted by Crippen LogP contribution is -2.68. The van der Waals surface area contributed by atoms with Crippen LogP contribution < -0.4 is 5.32 Å². The van der Waals surface area contributed by atoms with Crippen LogP contribution >= 0.6 is 0 Å². The molecule has 0 aromatic rings. The third-order valence-electron chi connectivity index (χ3n) is 4.13. The van der Waals surface area contributed by atoms with Gasteiger partial charge in [-0.25, -0.2) is 0 Å². The SMILES string of the molecule is COCCCN1CC(C)(C)NC2(CCCC2)C1. The van der Waals surface area contributed by atoms with E-state index in [1.54, 1.807) is 7.11 Å². The fraction of sp³-hybridized carbons (Fsp3) is 1.00. The second-order valence-electron chi connectivity index (χ2n) is 6.55. The quantitative estimate of drug-likeness (QED) is 0.761. The highest BCUT2D eigenvalue weighted by Gasteiger charge is 2.43. The van der Waals surface area contributed by atoms with Crippen molar-refractivity contribution in [1.82, 2.24) is 10.2 Å². The molecule has 2 rings (SSSR count). The van der Waals surface area contributed by atoms with Crippen molar-refractivity contribution in [2.75, 3.05) is 33.4 Å². The van der Waals surface area contributed by atoms with E-state index in [-0.39, 0.29) is 5.54 Å². The van der Waals surface area contributed by atoms with Crippen LogP contribution in [-0.4, -0.2) is 49.3 Å². The zero-order valence-corrected chi connectivity index (χ0v) is 11.7. The molecule has 1 N–H and O–H groups in total. The van der Waals surface area contributed by atoms with Crippen molar-refractivity contribution >= 4 is 0 Å². The molecule has 1 saturated carbocycles.